The summed E-state index contributed by atoms with van der Waals surface area (Å²) in [6.45, 7) is 4.10. The molecular weight excluding hydrogens is 176 g/mol. The summed E-state index contributed by atoms with van der Waals surface area (Å²) in [7, 11) is 0. The third-order valence-corrected chi connectivity index (χ3v) is 2.44. The molecule has 2 nitrogen and oxygen atoms in total. The Labute approximate surface area is 84.6 Å². The van der Waals surface area contributed by atoms with Crippen LogP contribution in [0.4, 0.5) is 0 Å². The smallest absolute Gasteiger partial charge is 0.166 e. The van der Waals surface area contributed by atoms with Crippen LogP contribution >= 0.6 is 0 Å². The van der Waals surface area contributed by atoms with E-state index in [2.05, 4.69) is 6.92 Å². The van der Waals surface area contributed by atoms with E-state index in [-0.39, 0.29) is 11.5 Å². The molecule has 1 rings (SSSR count). The van der Waals surface area contributed by atoms with Gasteiger partial charge in [0.1, 0.15) is 5.75 Å². The van der Waals surface area contributed by atoms with E-state index < -0.39 is 0 Å². The van der Waals surface area contributed by atoms with Crippen LogP contribution in [-0.4, -0.2) is 10.9 Å². The van der Waals surface area contributed by atoms with Gasteiger partial charge in [-0.15, -0.1) is 0 Å². The fourth-order valence-corrected chi connectivity index (χ4v) is 1.28. The number of hydrogen-bond acceptors (Lipinski definition) is 2. The molecule has 0 saturated carbocycles. The number of Topliss-reactive ketones (excluding diaryl/α,β-unsaturated/α-hetero) is 1. The summed E-state index contributed by atoms with van der Waals surface area (Å²) in [5, 5.41) is 9.45. The van der Waals surface area contributed by atoms with Crippen LogP contribution in [0.25, 0.3) is 0 Å². The normalized spacial score (nSPS) is 12.4. The Morgan fingerprint density at radius 2 is 2.07 bits per heavy atom. The van der Waals surface area contributed by atoms with E-state index in [4.69, 9.17) is 0 Å². The molecule has 0 amide bonds. The first-order chi connectivity index (χ1) is 6.65. The lowest BCUT2D eigenvalue weighted by Gasteiger charge is -2.07. The van der Waals surface area contributed by atoms with Crippen LogP contribution in [0.5, 0.6) is 5.75 Å². The number of hydrogen-bond donors (Lipinski definition) is 1. The molecule has 0 radical (unpaired) electrons. The summed E-state index contributed by atoms with van der Waals surface area (Å²) < 4.78 is 0. The van der Waals surface area contributed by atoms with Crippen LogP contribution in [0, 0.1) is 5.92 Å². The molecule has 0 aliphatic rings. The van der Waals surface area contributed by atoms with Crippen molar-refractivity contribution in [3.05, 3.63) is 29.8 Å². The number of phenols is 1. The van der Waals surface area contributed by atoms with E-state index in [1.807, 2.05) is 6.92 Å². The minimum Gasteiger partial charge on any atom is -0.507 e. The second-order valence-corrected chi connectivity index (χ2v) is 3.66. The van der Waals surface area contributed by atoms with Crippen molar-refractivity contribution in [3.8, 4) is 5.75 Å². The first-order valence-corrected chi connectivity index (χ1v) is 4.96. The second-order valence-electron chi connectivity index (χ2n) is 3.66. The molecule has 0 aromatic heterocycles. The molecule has 0 aliphatic heterocycles. The zero-order chi connectivity index (χ0) is 10.6. The van der Waals surface area contributed by atoms with Crippen LogP contribution in [0.1, 0.15) is 37.0 Å². The van der Waals surface area contributed by atoms with Gasteiger partial charge in [-0.2, -0.15) is 0 Å². The number of para-hydroxylation sites is 1. The number of rotatable bonds is 4. The number of ketones is 1. The van der Waals surface area contributed by atoms with Crippen LogP contribution in [0.3, 0.4) is 0 Å². The van der Waals surface area contributed by atoms with E-state index >= 15 is 0 Å². The summed E-state index contributed by atoms with van der Waals surface area (Å²) in [6, 6.07) is 6.70. The Hall–Kier alpha value is -1.31. The fraction of sp³-hybridized carbons (Fsp3) is 0.417. The van der Waals surface area contributed by atoms with Crippen LogP contribution < -0.4 is 0 Å². The van der Waals surface area contributed by atoms with Gasteiger partial charge in [-0.05, 0) is 18.1 Å². The maximum Gasteiger partial charge on any atom is 0.166 e. The van der Waals surface area contributed by atoms with E-state index in [1.54, 1.807) is 24.3 Å². The first-order valence-electron chi connectivity index (χ1n) is 4.96. The monoisotopic (exact) mass is 192 g/mol. The number of phenolic OH excluding ortho intramolecular Hbond substituents is 1. The van der Waals surface area contributed by atoms with E-state index in [1.165, 1.54) is 0 Å². The molecule has 1 atom stereocenters. The molecule has 1 N–H and O–H groups in total. The number of carbonyl (C=O) groups excluding carboxylic acids is 1. The zero-order valence-electron chi connectivity index (χ0n) is 8.66. The SMILES string of the molecule is CCC(C)CC(=O)c1ccccc1O. The molecule has 1 aromatic rings. The summed E-state index contributed by atoms with van der Waals surface area (Å²) in [5.74, 6) is 0.486. The standard InChI is InChI=1S/C12H16O2/c1-3-9(2)8-12(14)10-6-4-5-7-11(10)13/h4-7,9,13H,3,8H2,1-2H3. The number of aromatic hydroxyl groups is 1. The molecular formula is C12H16O2. The largest absolute Gasteiger partial charge is 0.507 e. The quantitative estimate of drug-likeness (QED) is 0.744. The highest BCUT2D eigenvalue weighted by Gasteiger charge is 2.12. The number of carbonyl (C=O) groups is 1. The summed E-state index contributed by atoms with van der Waals surface area (Å²) in [5.41, 5.74) is 0.438. The topological polar surface area (TPSA) is 37.3 Å². The Morgan fingerprint density at radius 1 is 1.43 bits per heavy atom. The Bertz CT molecular complexity index is 318. The van der Waals surface area contributed by atoms with Gasteiger partial charge in [-0.25, -0.2) is 0 Å². The summed E-state index contributed by atoms with van der Waals surface area (Å²) in [4.78, 5) is 11.7. The van der Waals surface area contributed by atoms with Crippen LogP contribution in [0.15, 0.2) is 24.3 Å². The highest BCUT2D eigenvalue weighted by molar-refractivity contribution is 5.98. The highest BCUT2D eigenvalue weighted by atomic mass is 16.3. The molecule has 0 bridgehead atoms. The van der Waals surface area contributed by atoms with Gasteiger partial charge < -0.3 is 5.11 Å². The predicted molar refractivity (Wildman–Crippen MR) is 56.5 cm³/mol. The molecule has 0 heterocycles. The molecule has 2 heteroatoms. The van der Waals surface area contributed by atoms with Gasteiger partial charge in [0.15, 0.2) is 5.78 Å². The van der Waals surface area contributed by atoms with E-state index in [9.17, 15) is 9.90 Å². The van der Waals surface area contributed by atoms with Crippen molar-refractivity contribution >= 4 is 5.78 Å². The maximum atomic E-state index is 11.7. The van der Waals surface area contributed by atoms with E-state index in [0.717, 1.165) is 6.42 Å². The Kier molecular flexibility index (Phi) is 3.69. The molecule has 1 unspecified atom stereocenters. The third-order valence-electron chi connectivity index (χ3n) is 2.44. The van der Waals surface area contributed by atoms with E-state index in [0.29, 0.717) is 17.9 Å². The predicted octanol–water partition coefficient (Wildman–Crippen LogP) is 3.01. The van der Waals surface area contributed by atoms with Gasteiger partial charge in [-0.3, -0.25) is 4.79 Å². The first kappa shape index (κ1) is 10.8. The van der Waals surface area contributed by atoms with Crippen molar-refractivity contribution in [1.29, 1.82) is 0 Å². The minimum atomic E-state index is 0.0254. The van der Waals surface area contributed by atoms with Crippen molar-refractivity contribution in [2.75, 3.05) is 0 Å². The van der Waals surface area contributed by atoms with Crippen molar-refractivity contribution in [3.63, 3.8) is 0 Å². The lowest BCUT2D eigenvalue weighted by molar-refractivity contribution is 0.0961. The van der Waals surface area contributed by atoms with Gasteiger partial charge in [0.2, 0.25) is 0 Å². The molecule has 0 fully saturated rings. The van der Waals surface area contributed by atoms with Crippen molar-refractivity contribution in [1.82, 2.24) is 0 Å². The average molecular weight is 192 g/mol. The molecule has 0 saturated heterocycles. The lowest BCUT2D eigenvalue weighted by Crippen LogP contribution is -2.05. The van der Waals surface area contributed by atoms with Gasteiger partial charge in [0.25, 0.3) is 0 Å². The number of benzene rings is 1. The fourth-order valence-electron chi connectivity index (χ4n) is 1.28. The van der Waals surface area contributed by atoms with Gasteiger partial charge in [0, 0.05) is 6.42 Å². The summed E-state index contributed by atoms with van der Waals surface area (Å²) >= 11 is 0. The summed E-state index contributed by atoms with van der Waals surface area (Å²) in [6.07, 6.45) is 1.49. The molecule has 76 valence electrons. The highest BCUT2D eigenvalue weighted by Crippen LogP contribution is 2.20. The Balaban J connectivity index is 2.75. The second kappa shape index (κ2) is 4.80. The maximum absolute atomic E-state index is 11.7. The lowest BCUT2D eigenvalue weighted by atomic mass is 9.97. The minimum absolute atomic E-state index is 0.0254. The van der Waals surface area contributed by atoms with Crippen molar-refractivity contribution < 1.29 is 9.90 Å². The molecule has 1 aromatic carbocycles. The average Bonchev–Trinajstić information content (AvgIpc) is 2.18. The van der Waals surface area contributed by atoms with Crippen LogP contribution in [-0.2, 0) is 0 Å². The van der Waals surface area contributed by atoms with Gasteiger partial charge >= 0.3 is 0 Å². The van der Waals surface area contributed by atoms with Crippen molar-refractivity contribution in [2.45, 2.75) is 26.7 Å². The van der Waals surface area contributed by atoms with Crippen LogP contribution in [0.2, 0.25) is 0 Å². The Morgan fingerprint density at radius 3 is 2.64 bits per heavy atom. The van der Waals surface area contributed by atoms with Gasteiger partial charge in [-0.1, -0.05) is 32.4 Å². The molecule has 0 aliphatic carbocycles. The van der Waals surface area contributed by atoms with Gasteiger partial charge in [0.05, 0.1) is 5.56 Å². The zero-order valence-corrected chi connectivity index (χ0v) is 8.66. The molecule has 0 spiro atoms. The van der Waals surface area contributed by atoms with Crippen molar-refractivity contribution in [2.24, 2.45) is 5.92 Å². The third kappa shape index (κ3) is 2.59. The molecule has 14 heavy (non-hydrogen) atoms.